The highest BCUT2D eigenvalue weighted by atomic mass is 16.5. The van der Waals surface area contributed by atoms with Crippen LogP contribution in [0.5, 0.6) is 11.5 Å². The Labute approximate surface area is 123 Å². The van der Waals surface area contributed by atoms with E-state index >= 15 is 0 Å². The zero-order chi connectivity index (χ0) is 15.0. The van der Waals surface area contributed by atoms with Crippen LogP contribution in [0.2, 0.25) is 0 Å². The maximum Gasteiger partial charge on any atom is 0.268 e. The third kappa shape index (κ3) is 2.44. The molecule has 1 amide bonds. The van der Waals surface area contributed by atoms with E-state index in [9.17, 15) is 9.90 Å². The van der Waals surface area contributed by atoms with Crippen LogP contribution in [0.4, 0.5) is 5.69 Å². The van der Waals surface area contributed by atoms with Crippen LogP contribution in [-0.2, 0) is 11.3 Å². The highest BCUT2D eigenvalue weighted by molar-refractivity contribution is 5.99. The number of amides is 1. The molecule has 21 heavy (non-hydrogen) atoms. The Morgan fingerprint density at radius 3 is 2.76 bits per heavy atom. The second kappa shape index (κ2) is 5.13. The number of nitrogens with zero attached hydrogens (tertiary/aromatic N) is 1. The van der Waals surface area contributed by atoms with Gasteiger partial charge in [-0.05, 0) is 37.1 Å². The number of fused-ring (bicyclic) bond motifs is 1. The van der Waals surface area contributed by atoms with Crippen LogP contribution in [0.15, 0.2) is 42.5 Å². The average molecular weight is 283 g/mol. The topological polar surface area (TPSA) is 49.8 Å². The zero-order valence-electron chi connectivity index (χ0n) is 12.0. The van der Waals surface area contributed by atoms with E-state index in [0.29, 0.717) is 18.0 Å². The first-order valence-corrected chi connectivity index (χ1v) is 6.92. The van der Waals surface area contributed by atoms with Gasteiger partial charge < -0.3 is 14.7 Å². The van der Waals surface area contributed by atoms with Crippen LogP contribution in [0.1, 0.15) is 18.1 Å². The van der Waals surface area contributed by atoms with E-state index in [1.165, 1.54) is 0 Å². The van der Waals surface area contributed by atoms with Gasteiger partial charge in [0.05, 0.1) is 12.2 Å². The standard InChI is InChI=1S/C17H17NO3/c1-11-5-3-4-6-13(11)10-18-15-8-7-14(19)9-16(15)21-12(2)17(18)20/h3-9,12,19H,10H2,1-2H3. The van der Waals surface area contributed by atoms with Gasteiger partial charge in [0.1, 0.15) is 11.5 Å². The molecule has 1 N–H and O–H groups in total. The number of phenols is 1. The second-order valence-corrected chi connectivity index (χ2v) is 5.26. The van der Waals surface area contributed by atoms with Crippen LogP contribution in [0, 0.1) is 6.92 Å². The first-order valence-electron chi connectivity index (χ1n) is 6.92. The number of carbonyl (C=O) groups excluding carboxylic acids is 1. The lowest BCUT2D eigenvalue weighted by Crippen LogP contribution is -2.44. The van der Waals surface area contributed by atoms with Gasteiger partial charge in [0, 0.05) is 6.07 Å². The largest absolute Gasteiger partial charge is 0.508 e. The van der Waals surface area contributed by atoms with E-state index in [1.807, 2.05) is 31.2 Å². The molecule has 0 spiro atoms. The van der Waals surface area contributed by atoms with Crippen LogP contribution in [0.3, 0.4) is 0 Å². The lowest BCUT2D eigenvalue weighted by Gasteiger charge is -2.33. The maximum atomic E-state index is 12.4. The molecule has 2 aromatic rings. The number of carbonyl (C=O) groups is 1. The molecule has 0 fully saturated rings. The molecule has 3 rings (SSSR count). The predicted octanol–water partition coefficient (Wildman–Crippen LogP) is 3.01. The predicted molar refractivity (Wildman–Crippen MR) is 80.6 cm³/mol. The summed E-state index contributed by atoms with van der Waals surface area (Å²) < 4.78 is 5.57. The number of rotatable bonds is 2. The highest BCUT2D eigenvalue weighted by Gasteiger charge is 2.31. The fourth-order valence-corrected chi connectivity index (χ4v) is 2.52. The van der Waals surface area contributed by atoms with E-state index in [4.69, 9.17) is 4.74 Å². The molecule has 0 aromatic heterocycles. The second-order valence-electron chi connectivity index (χ2n) is 5.26. The van der Waals surface area contributed by atoms with Gasteiger partial charge in [-0.2, -0.15) is 0 Å². The number of benzene rings is 2. The first-order chi connectivity index (χ1) is 10.1. The normalized spacial score (nSPS) is 17.3. The summed E-state index contributed by atoms with van der Waals surface area (Å²) in [6.07, 6.45) is -0.552. The number of ether oxygens (including phenoxy) is 1. The highest BCUT2D eigenvalue weighted by Crippen LogP contribution is 2.37. The molecule has 4 heteroatoms. The molecule has 0 saturated carbocycles. The average Bonchev–Trinajstić information content (AvgIpc) is 2.45. The molecule has 0 bridgehead atoms. The first kappa shape index (κ1) is 13.5. The fourth-order valence-electron chi connectivity index (χ4n) is 2.52. The Bertz CT molecular complexity index is 696. The van der Waals surface area contributed by atoms with Crippen molar-refractivity contribution < 1.29 is 14.6 Å². The van der Waals surface area contributed by atoms with Crippen molar-refractivity contribution in [2.75, 3.05) is 4.90 Å². The summed E-state index contributed by atoms with van der Waals surface area (Å²) in [5, 5.41) is 9.58. The molecule has 0 aliphatic carbocycles. The summed E-state index contributed by atoms with van der Waals surface area (Å²) in [6, 6.07) is 12.8. The van der Waals surface area contributed by atoms with Crippen LogP contribution in [-0.4, -0.2) is 17.1 Å². The Morgan fingerprint density at radius 1 is 1.24 bits per heavy atom. The molecule has 1 atom stereocenters. The van der Waals surface area contributed by atoms with Crippen molar-refractivity contribution >= 4 is 11.6 Å². The number of phenolic OH excluding ortho intramolecular Hbond substituents is 1. The number of aryl methyl sites for hydroxylation is 1. The molecular formula is C17H17NO3. The minimum absolute atomic E-state index is 0.0727. The summed E-state index contributed by atoms with van der Waals surface area (Å²) in [6.45, 7) is 4.25. The summed E-state index contributed by atoms with van der Waals surface area (Å²) in [5.41, 5.74) is 2.93. The van der Waals surface area contributed by atoms with Crippen molar-refractivity contribution in [3.05, 3.63) is 53.6 Å². The number of aromatic hydroxyl groups is 1. The van der Waals surface area contributed by atoms with Crippen molar-refractivity contribution in [2.24, 2.45) is 0 Å². The lowest BCUT2D eigenvalue weighted by molar-refractivity contribution is -0.125. The van der Waals surface area contributed by atoms with Gasteiger partial charge in [0.2, 0.25) is 0 Å². The Morgan fingerprint density at radius 2 is 2.00 bits per heavy atom. The molecule has 108 valence electrons. The Hall–Kier alpha value is -2.49. The van der Waals surface area contributed by atoms with Crippen molar-refractivity contribution in [3.63, 3.8) is 0 Å². The number of hydrogen-bond acceptors (Lipinski definition) is 3. The molecule has 1 aliphatic heterocycles. The van der Waals surface area contributed by atoms with E-state index in [2.05, 4.69) is 0 Å². The van der Waals surface area contributed by atoms with E-state index in [1.54, 1.807) is 30.0 Å². The smallest absolute Gasteiger partial charge is 0.268 e. The molecule has 1 aliphatic rings. The molecule has 2 aromatic carbocycles. The van der Waals surface area contributed by atoms with E-state index < -0.39 is 6.10 Å². The van der Waals surface area contributed by atoms with Gasteiger partial charge in [-0.3, -0.25) is 4.79 Å². The van der Waals surface area contributed by atoms with Crippen LogP contribution < -0.4 is 9.64 Å². The summed E-state index contributed by atoms with van der Waals surface area (Å²) in [7, 11) is 0. The fraction of sp³-hybridized carbons (Fsp3) is 0.235. The van der Waals surface area contributed by atoms with Crippen molar-refractivity contribution in [1.29, 1.82) is 0 Å². The maximum absolute atomic E-state index is 12.4. The molecule has 4 nitrogen and oxygen atoms in total. The van der Waals surface area contributed by atoms with E-state index in [0.717, 1.165) is 11.1 Å². The lowest BCUT2D eigenvalue weighted by atomic mass is 10.1. The molecule has 1 heterocycles. The Balaban J connectivity index is 2.01. The monoisotopic (exact) mass is 283 g/mol. The summed E-state index contributed by atoms with van der Waals surface area (Å²) in [4.78, 5) is 14.1. The van der Waals surface area contributed by atoms with Gasteiger partial charge in [-0.1, -0.05) is 24.3 Å². The molecule has 1 unspecified atom stereocenters. The summed E-state index contributed by atoms with van der Waals surface area (Å²) >= 11 is 0. The number of hydrogen-bond donors (Lipinski definition) is 1. The van der Waals surface area contributed by atoms with Crippen molar-refractivity contribution in [2.45, 2.75) is 26.5 Å². The quantitative estimate of drug-likeness (QED) is 0.921. The van der Waals surface area contributed by atoms with Crippen molar-refractivity contribution in [1.82, 2.24) is 0 Å². The minimum Gasteiger partial charge on any atom is -0.508 e. The summed E-state index contributed by atoms with van der Waals surface area (Å²) in [5.74, 6) is 0.596. The van der Waals surface area contributed by atoms with Gasteiger partial charge in [-0.25, -0.2) is 0 Å². The third-order valence-corrected chi connectivity index (χ3v) is 3.74. The number of anilines is 1. The molecule has 0 radical (unpaired) electrons. The Kier molecular flexibility index (Phi) is 3.29. The van der Waals surface area contributed by atoms with Crippen molar-refractivity contribution in [3.8, 4) is 11.5 Å². The van der Waals surface area contributed by atoms with Crippen LogP contribution in [0.25, 0.3) is 0 Å². The third-order valence-electron chi connectivity index (χ3n) is 3.74. The van der Waals surface area contributed by atoms with Gasteiger partial charge in [-0.15, -0.1) is 0 Å². The minimum atomic E-state index is -0.552. The SMILES string of the molecule is Cc1ccccc1CN1C(=O)C(C)Oc2cc(O)ccc21. The van der Waals surface area contributed by atoms with Gasteiger partial charge in [0.25, 0.3) is 5.91 Å². The van der Waals surface area contributed by atoms with E-state index in [-0.39, 0.29) is 11.7 Å². The van der Waals surface area contributed by atoms with Crippen LogP contribution >= 0.6 is 0 Å². The molecule has 0 saturated heterocycles. The zero-order valence-corrected chi connectivity index (χ0v) is 12.0. The van der Waals surface area contributed by atoms with Gasteiger partial charge >= 0.3 is 0 Å². The van der Waals surface area contributed by atoms with Gasteiger partial charge in [0.15, 0.2) is 6.10 Å². The molecular weight excluding hydrogens is 266 g/mol.